The summed E-state index contributed by atoms with van der Waals surface area (Å²) in [6, 6.07) is 24.4. The van der Waals surface area contributed by atoms with Crippen molar-refractivity contribution in [1.29, 1.82) is 0 Å². The van der Waals surface area contributed by atoms with Crippen LogP contribution in [0.15, 0.2) is 83.8 Å². The van der Waals surface area contributed by atoms with Crippen molar-refractivity contribution >= 4 is 63.7 Å². The number of amides is 2. The van der Waals surface area contributed by atoms with E-state index in [9.17, 15) is 9.59 Å². The zero-order valence-corrected chi connectivity index (χ0v) is 19.3. The minimum absolute atomic E-state index is 0.109. The van der Waals surface area contributed by atoms with E-state index in [1.54, 1.807) is 24.3 Å². The quantitative estimate of drug-likeness (QED) is 0.270. The van der Waals surface area contributed by atoms with Crippen molar-refractivity contribution < 1.29 is 9.59 Å². The molecule has 4 N–H and O–H groups in total. The molecule has 0 aliphatic heterocycles. The second kappa shape index (κ2) is 11.3. The lowest BCUT2D eigenvalue weighted by Gasteiger charge is -2.14. The second-order valence-corrected chi connectivity index (χ2v) is 8.80. The lowest BCUT2D eigenvalue weighted by molar-refractivity contribution is -0.115. The Balaban J connectivity index is 1.54. The Morgan fingerprint density at radius 1 is 0.750 bits per heavy atom. The van der Waals surface area contributed by atoms with Crippen LogP contribution < -0.4 is 21.3 Å². The maximum absolute atomic E-state index is 12.6. The second-order valence-electron chi connectivity index (χ2n) is 6.98. The third-order valence-corrected chi connectivity index (χ3v) is 5.58. The third-order valence-electron chi connectivity index (χ3n) is 4.28. The minimum atomic E-state index is -0.310. The van der Waals surface area contributed by atoms with E-state index in [1.807, 2.05) is 61.5 Å². The molecule has 0 aliphatic rings. The summed E-state index contributed by atoms with van der Waals surface area (Å²) in [6.45, 7) is 3.31. The first-order valence-corrected chi connectivity index (χ1v) is 11.3. The lowest BCUT2D eigenvalue weighted by Crippen LogP contribution is -2.22. The van der Waals surface area contributed by atoms with Crippen molar-refractivity contribution in [3.8, 4) is 0 Å². The molecule has 0 aliphatic carbocycles. The molecule has 164 valence electrons. The maximum Gasteiger partial charge on any atom is 0.237 e. The molecule has 32 heavy (non-hydrogen) atoms. The molecule has 6 nitrogen and oxygen atoms in total. The monoisotopic (exact) mass is 464 g/mol. The van der Waals surface area contributed by atoms with Gasteiger partial charge in [-0.05, 0) is 73.7 Å². The number of thiocarbonyl (C=S) groups is 1. The average molecular weight is 465 g/mol. The van der Waals surface area contributed by atoms with Crippen LogP contribution in [0.2, 0.25) is 0 Å². The van der Waals surface area contributed by atoms with Gasteiger partial charge in [-0.15, -0.1) is 11.8 Å². The van der Waals surface area contributed by atoms with Crippen molar-refractivity contribution in [2.24, 2.45) is 0 Å². The highest BCUT2D eigenvalue weighted by molar-refractivity contribution is 8.00. The van der Waals surface area contributed by atoms with E-state index in [0.29, 0.717) is 16.5 Å². The molecule has 8 heteroatoms. The van der Waals surface area contributed by atoms with E-state index >= 15 is 0 Å². The van der Waals surface area contributed by atoms with Crippen molar-refractivity contribution in [2.75, 3.05) is 21.3 Å². The largest absolute Gasteiger partial charge is 0.332 e. The smallest absolute Gasteiger partial charge is 0.237 e. The molecular formula is C24H24N4O2S2. The predicted molar refractivity (Wildman–Crippen MR) is 137 cm³/mol. The summed E-state index contributed by atoms with van der Waals surface area (Å²) in [5.74, 6) is -0.248. The molecular weight excluding hydrogens is 440 g/mol. The zero-order valence-electron chi connectivity index (χ0n) is 17.7. The highest BCUT2D eigenvalue weighted by Crippen LogP contribution is 2.27. The number of carbonyl (C=O) groups excluding carboxylic acids is 2. The van der Waals surface area contributed by atoms with Crippen LogP contribution >= 0.6 is 24.0 Å². The van der Waals surface area contributed by atoms with Crippen LogP contribution in [0.4, 0.5) is 22.7 Å². The molecule has 1 unspecified atom stereocenters. The van der Waals surface area contributed by atoms with Crippen LogP contribution in [0.3, 0.4) is 0 Å². The van der Waals surface area contributed by atoms with E-state index in [1.165, 1.54) is 18.7 Å². The number of nitrogens with one attached hydrogen (secondary N) is 4. The first kappa shape index (κ1) is 23.3. The van der Waals surface area contributed by atoms with Gasteiger partial charge in [-0.1, -0.05) is 24.3 Å². The number of thioether (sulfide) groups is 1. The molecule has 0 heterocycles. The number of hydrogen-bond donors (Lipinski definition) is 4. The highest BCUT2D eigenvalue weighted by Gasteiger charge is 2.15. The molecule has 0 saturated carbocycles. The van der Waals surface area contributed by atoms with Gasteiger partial charge in [-0.3, -0.25) is 9.59 Å². The molecule has 1 atom stereocenters. The Labute approximate surface area is 197 Å². The van der Waals surface area contributed by atoms with E-state index < -0.39 is 0 Å². The summed E-state index contributed by atoms with van der Waals surface area (Å²) >= 11 is 6.83. The predicted octanol–water partition coefficient (Wildman–Crippen LogP) is 5.57. The van der Waals surface area contributed by atoms with Gasteiger partial charge in [0.05, 0.1) is 5.25 Å². The number of anilines is 4. The molecule has 0 radical (unpaired) electrons. The number of hydrogen-bond acceptors (Lipinski definition) is 4. The van der Waals surface area contributed by atoms with Crippen molar-refractivity contribution in [2.45, 2.75) is 24.0 Å². The summed E-state index contributed by atoms with van der Waals surface area (Å²) in [5, 5.41) is 12.1. The number of carbonyl (C=O) groups is 2. The first-order valence-electron chi connectivity index (χ1n) is 9.97. The van der Waals surface area contributed by atoms with Crippen LogP contribution in [0.1, 0.15) is 13.8 Å². The summed E-state index contributed by atoms with van der Waals surface area (Å²) in [6.07, 6.45) is 0. The molecule has 2 amide bonds. The van der Waals surface area contributed by atoms with E-state index in [2.05, 4.69) is 21.3 Å². The fraction of sp³-hybridized carbons (Fsp3) is 0.125. The zero-order chi connectivity index (χ0) is 22.9. The molecule has 0 fully saturated rings. The van der Waals surface area contributed by atoms with E-state index in [-0.39, 0.29) is 17.1 Å². The molecule has 0 bridgehead atoms. The Bertz CT molecular complexity index is 1090. The Kier molecular flexibility index (Phi) is 8.24. The Hall–Kier alpha value is -3.36. The van der Waals surface area contributed by atoms with E-state index in [4.69, 9.17) is 12.2 Å². The minimum Gasteiger partial charge on any atom is -0.332 e. The van der Waals surface area contributed by atoms with Gasteiger partial charge in [-0.25, -0.2) is 0 Å². The van der Waals surface area contributed by atoms with Crippen LogP contribution in [-0.2, 0) is 9.59 Å². The first-order chi connectivity index (χ1) is 15.4. The van der Waals surface area contributed by atoms with Gasteiger partial charge in [0.2, 0.25) is 11.8 Å². The Morgan fingerprint density at radius 2 is 1.31 bits per heavy atom. The SMILES string of the molecule is CC(=O)Nc1ccc(NC(=O)C(C)Sc2cccc(NC(=S)Nc3ccccc3)c2)cc1. The number of para-hydroxylation sites is 1. The fourth-order valence-corrected chi connectivity index (χ4v) is 3.97. The van der Waals surface area contributed by atoms with Gasteiger partial charge < -0.3 is 21.3 Å². The Morgan fingerprint density at radius 3 is 1.97 bits per heavy atom. The van der Waals surface area contributed by atoms with Crippen molar-refractivity contribution in [1.82, 2.24) is 0 Å². The molecule has 3 aromatic carbocycles. The van der Waals surface area contributed by atoms with Crippen molar-refractivity contribution in [3.05, 3.63) is 78.9 Å². The molecule has 0 spiro atoms. The fourth-order valence-electron chi connectivity index (χ4n) is 2.80. The third kappa shape index (κ3) is 7.40. The maximum atomic E-state index is 12.6. The van der Waals surface area contributed by atoms with Gasteiger partial charge in [-0.2, -0.15) is 0 Å². The normalized spacial score (nSPS) is 11.2. The number of rotatable bonds is 7. The lowest BCUT2D eigenvalue weighted by atomic mass is 10.2. The van der Waals surface area contributed by atoms with Crippen LogP contribution in [0, 0.1) is 0 Å². The molecule has 0 saturated heterocycles. The van der Waals surface area contributed by atoms with Crippen LogP contribution in [0.25, 0.3) is 0 Å². The summed E-state index contributed by atoms with van der Waals surface area (Å²) < 4.78 is 0. The number of benzene rings is 3. The average Bonchev–Trinajstić information content (AvgIpc) is 2.75. The van der Waals surface area contributed by atoms with Crippen LogP contribution in [-0.4, -0.2) is 22.2 Å². The van der Waals surface area contributed by atoms with Crippen LogP contribution in [0.5, 0.6) is 0 Å². The topological polar surface area (TPSA) is 82.3 Å². The highest BCUT2D eigenvalue weighted by atomic mass is 32.2. The standard InChI is InChI=1S/C24H24N4O2S2/c1-16(23(30)26-20-13-11-19(12-14-20)25-17(2)29)32-22-10-6-9-21(15-22)28-24(31)27-18-7-4-3-5-8-18/h3-16H,1-2H3,(H,25,29)(H,26,30)(H2,27,28,31). The van der Waals surface area contributed by atoms with Gasteiger partial charge in [0, 0.05) is 34.6 Å². The molecule has 3 rings (SSSR count). The van der Waals surface area contributed by atoms with E-state index in [0.717, 1.165) is 16.3 Å². The van der Waals surface area contributed by atoms with Gasteiger partial charge >= 0.3 is 0 Å². The van der Waals surface area contributed by atoms with Gasteiger partial charge in [0.15, 0.2) is 5.11 Å². The van der Waals surface area contributed by atoms with Gasteiger partial charge in [0.25, 0.3) is 0 Å². The summed E-state index contributed by atoms with van der Waals surface area (Å²) in [4.78, 5) is 24.6. The molecule has 0 aromatic heterocycles. The summed E-state index contributed by atoms with van der Waals surface area (Å²) in [5.41, 5.74) is 3.10. The van der Waals surface area contributed by atoms with Gasteiger partial charge in [0.1, 0.15) is 0 Å². The van der Waals surface area contributed by atoms with Crippen molar-refractivity contribution in [3.63, 3.8) is 0 Å². The summed E-state index contributed by atoms with van der Waals surface area (Å²) in [7, 11) is 0. The molecule has 3 aromatic rings.